The van der Waals surface area contributed by atoms with Crippen LogP contribution in [0.4, 0.5) is 5.69 Å². The summed E-state index contributed by atoms with van der Waals surface area (Å²) in [5.41, 5.74) is 1.36. The minimum Gasteiger partial charge on any atom is -0.455 e. The molecule has 0 heterocycles. The highest BCUT2D eigenvalue weighted by atomic mass is 16.5. The van der Waals surface area contributed by atoms with E-state index in [-0.39, 0.29) is 5.91 Å². The van der Waals surface area contributed by atoms with E-state index in [1.807, 2.05) is 67.6 Å². The lowest BCUT2D eigenvalue weighted by Crippen LogP contribution is -2.13. The van der Waals surface area contributed by atoms with Gasteiger partial charge in [0.2, 0.25) is 0 Å². The maximum absolute atomic E-state index is 12.1. The average molecular weight is 281 g/mol. The van der Waals surface area contributed by atoms with Gasteiger partial charge in [-0.25, -0.2) is 0 Å². The van der Waals surface area contributed by atoms with Gasteiger partial charge in [-0.2, -0.15) is 0 Å². The molecule has 0 aromatic heterocycles. The molecule has 0 fully saturated rings. The third-order valence-corrected chi connectivity index (χ3v) is 2.97. The fraction of sp³-hybridized carbons (Fsp3) is 0.167. The maximum Gasteiger partial charge on any atom is 0.251 e. The Bertz CT molecular complexity index is 633. The molecule has 21 heavy (non-hydrogen) atoms. The van der Waals surface area contributed by atoms with E-state index in [2.05, 4.69) is 5.32 Å². The summed E-state index contributed by atoms with van der Waals surface area (Å²) in [5.74, 6) is 1.25. The summed E-state index contributed by atoms with van der Waals surface area (Å²) in [4.78, 5) is 12.1. The molecular weight excluding hydrogens is 262 g/mol. The van der Waals surface area contributed by atoms with Crippen LogP contribution in [-0.2, 0) is 4.79 Å². The Morgan fingerprint density at radius 1 is 1.10 bits per heavy atom. The van der Waals surface area contributed by atoms with Crippen LogP contribution in [0.2, 0.25) is 0 Å². The van der Waals surface area contributed by atoms with Crippen LogP contribution in [0.3, 0.4) is 0 Å². The van der Waals surface area contributed by atoms with Gasteiger partial charge in [-0.3, -0.25) is 4.79 Å². The summed E-state index contributed by atoms with van der Waals surface area (Å²) in [6, 6.07) is 16.9. The monoisotopic (exact) mass is 281 g/mol. The second-order valence-corrected chi connectivity index (χ2v) is 4.66. The molecule has 1 N–H and O–H groups in total. The minimum absolute atomic E-state index is 0.110. The smallest absolute Gasteiger partial charge is 0.251 e. The van der Waals surface area contributed by atoms with E-state index < -0.39 is 0 Å². The number of allylic oxidation sites excluding steroid dienone is 1. The number of hydrogen-bond acceptors (Lipinski definition) is 2. The van der Waals surface area contributed by atoms with Crippen LogP contribution in [0.15, 0.2) is 66.2 Å². The number of amides is 1. The molecule has 0 spiro atoms. The molecule has 2 rings (SSSR count). The molecular formula is C18H19NO2. The topological polar surface area (TPSA) is 38.3 Å². The molecule has 2 aromatic carbocycles. The third-order valence-electron chi connectivity index (χ3n) is 2.97. The summed E-state index contributed by atoms with van der Waals surface area (Å²) < 4.78 is 5.82. The zero-order valence-electron chi connectivity index (χ0n) is 12.3. The van der Waals surface area contributed by atoms with E-state index in [0.29, 0.717) is 17.0 Å². The molecule has 0 radical (unpaired) electrons. The predicted octanol–water partition coefficient (Wildman–Crippen LogP) is 4.77. The summed E-state index contributed by atoms with van der Waals surface area (Å²) in [6.07, 6.45) is 2.73. The van der Waals surface area contributed by atoms with E-state index >= 15 is 0 Å². The van der Waals surface area contributed by atoms with Gasteiger partial charge in [-0.15, -0.1) is 0 Å². The SMILES string of the molecule is CCC=C(C)C(=O)Nc1ccccc1Oc1ccccc1. The molecule has 0 bridgehead atoms. The predicted molar refractivity (Wildman–Crippen MR) is 85.6 cm³/mol. The van der Waals surface area contributed by atoms with Gasteiger partial charge in [-0.05, 0) is 37.6 Å². The molecule has 0 aliphatic rings. The zero-order valence-corrected chi connectivity index (χ0v) is 12.3. The van der Waals surface area contributed by atoms with Crippen molar-refractivity contribution in [3.63, 3.8) is 0 Å². The van der Waals surface area contributed by atoms with Crippen LogP contribution < -0.4 is 10.1 Å². The number of rotatable bonds is 5. The molecule has 0 aliphatic heterocycles. The number of hydrogen-bond donors (Lipinski definition) is 1. The normalized spacial score (nSPS) is 11.0. The summed E-state index contributed by atoms with van der Waals surface area (Å²) in [6.45, 7) is 3.81. The second kappa shape index (κ2) is 7.29. The summed E-state index contributed by atoms with van der Waals surface area (Å²) in [7, 11) is 0. The Morgan fingerprint density at radius 3 is 2.48 bits per heavy atom. The van der Waals surface area contributed by atoms with Gasteiger partial charge in [-0.1, -0.05) is 43.3 Å². The minimum atomic E-state index is -0.110. The molecule has 108 valence electrons. The van der Waals surface area contributed by atoms with Crippen LogP contribution in [0.1, 0.15) is 20.3 Å². The Balaban J connectivity index is 2.17. The highest BCUT2D eigenvalue weighted by Crippen LogP contribution is 2.29. The van der Waals surface area contributed by atoms with Crippen LogP contribution in [0.5, 0.6) is 11.5 Å². The number of ether oxygens (including phenoxy) is 1. The molecule has 0 saturated heterocycles. The van der Waals surface area contributed by atoms with Crippen molar-refractivity contribution in [1.29, 1.82) is 0 Å². The number of carbonyl (C=O) groups excluding carboxylic acids is 1. The highest BCUT2D eigenvalue weighted by Gasteiger charge is 2.09. The van der Waals surface area contributed by atoms with Gasteiger partial charge in [0, 0.05) is 5.57 Å². The number of para-hydroxylation sites is 3. The Hall–Kier alpha value is -2.55. The Kier molecular flexibility index (Phi) is 5.16. The zero-order chi connectivity index (χ0) is 15.1. The molecule has 0 aliphatic carbocycles. The van der Waals surface area contributed by atoms with E-state index in [0.717, 1.165) is 12.2 Å². The fourth-order valence-corrected chi connectivity index (χ4v) is 1.89. The lowest BCUT2D eigenvalue weighted by atomic mass is 10.2. The molecule has 0 saturated carbocycles. The van der Waals surface area contributed by atoms with Crippen molar-refractivity contribution in [2.45, 2.75) is 20.3 Å². The Labute approximate surface area is 125 Å². The number of anilines is 1. The molecule has 3 nitrogen and oxygen atoms in total. The van der Waals surface area contributed by atoms with Crippen LogP contribution in [-0.4, -0.2) is 5.91 Å². The first-order chi connectivity index (χ1) is 10.2. The van der Waals surface area contributed by atoms with Crippen molar-refractivity contribution in [3.8, 4) is 11.5 Å². The van der Waals surface area contributed by atoms with Crippen molar-refractivity contribution in [1.82, 2.24) is 0 Å². The largest absolute Gasteiger partial charge is 0.455 e. The van der Waals surface area contributed by atoms with Gasteiger partial charge in [0.05, 0.1) is 5.69 Å². The van der Waals surface area contributed by atoms with E-state index in [1.165, 1.54) is 0 Å². The van der Waals surface area contributed by atoms with Gasteiger partial charge in [0.1, 0.15) is 5.75 Å². The van der Waals surface area contributed by atoms with E-state index in [9.17, 15) is 4.79 Å². The van der Waals surface area contributed by atoms with Crippen LogP contribution in [0, 0.1) is 0 Å². The maximum atomic E-state index is 12.1. The average Bonchev–Trinajstić information content (AvgIpc) is 2.50. The van der Waals surface area contributed by atoms with Gasteiger partial charge >= 0.3 is 0 Å². The molecule has 0 unspecified atom stereocenters. The first kappa shape index (κ1) is 14.9. The van der Waals surface area contributed by atoms with Gasteiger partial charge in [0.15, 0.2) is 5.75 Å². The molecule has 1 amide bonds. The summed E-state index contributed by atoms with van der Waals surface area (Å²) in [5, 5.41) is 2.88. The fourth-order valence-electron chi connectivity index (χ4n) is 1.89. The lowest BCUT2D eigenvalue weighted by molar-refractivity contribution is -0.112. The molecule has 3 heteroatoms. The van der Waals surface area contributed by atoms with Crippen molar-refractivity contribution in [3.05, 3.63) is 66.2 Å². The van der Waals surface area contributed by atoms with Gasteiger partial charge < -0.3 is 10.1 Å². The second-order valence-electron chi connectivity index (χ2n) is 4.66. The standard InChI is InChI=1S/C18H19NO2/c1-3-9-14(2)18(20)19-16-12-7-8-13-17(16)21-15-10-5-4-6-11-15/h4-13H,3H2,1-2H3,(H,19,20). The molecule has 0 atom stereocenters. The van der Waals surface area contributed by atoms with Crippen LogP contribution in [0.25, 0.3) is 0 Å². The van der Waals surface area contributed by atoms with Crippen molar-refractivity contribution < 1.29 is 9.53 Å². The van der Waals surface area contributed by atoms with E-state index in [1.54, 1.807) is 6.92 Å². The molecule has 2 aromatic rings. The number of carbonyl (C=O) groups is 1. The van der Waals surface area contributed by atoms with E-state index in [4.69, 9.17) is 4.74 Å². The first-order valence-electron chi connectivity index (χ1n) is 7.00. The van der Waals surface area contributed by atoms with Crippen LogP contribution >= 0.6 is 0 Å². The Morgan fingerprint density at radius 2 is 1.76 bits per heavy atom. The van der Waals surface area contributed by atoms with Crippen molar-refractivity contribution in [2.24, 2.45) is 0 Å². The highest BCUT2D eigenvalue weighted by molar-refractivity contribution is 6.04. The lowest BCUT2D eigenvalue weighted by Gasteiger charge is -2.12. The van der Waals surface area contributed by atoms with Crippen molar-refractivity contribution in [2.75, 3.05) is 5.32 Å². The summed E-state index contributed by atoms with van der Waals surface area (Å²) >= 11 is 0. The number of benzene rings is 2. The quantitative estimate of drug-likeness (QED) is 0.801. The first-order valence-corrected chi connectivity index (χ1v) is 7.00. The van der Waals surface area contributed by atoms with Gasteiger partial charge in [0.25, 0.3) is 5.91 Å². The van der Waals surface area contributed by atoms with Crippen molar-refractivity contribution >= 4 is 11.6 Å². The third kappa shape index (κ3) is 4.21. The number of nitrogens with one attached hydrogen (secondary N) is 1.